The Kier molecular flexibility index (Phi) is 4.46. The molecule has 4 nitrogen and oxygen atoms in total. The summed E-state index contributed by atoms with van der Waals surface area (Å²) in [7, 11) is 0. The monoisotopic (exact) mass is 333 g/mol. The van der Waals surface area contributed by atoms with Crippen molar-refractivity contribution in [2.75, 3.05) is 19.6 Å². The van der Waals surface area contributed by atoms with E-state index in [4.69, 9.17) is 5.73 Å². The van der Waals surface area contributed by atoms with Gasteiger partial charge in [-0.3, -0.25) is 4.79 Å². The Morgan fingerprint density at radius 2 is 2.26 bits per heavy atom. The number of carbonyl (C=O) groups is 1. The number of halogens is 1. The molecule has 1 unspecified atom stereocenters. The number of nitrogens with two attached hydrogens (primary N) is 1. The third-order valence-electron chi connectivity index (χ3n) is 4.41. The van der Waals surface area contributed by atoms with Crippen LogP contribution in [0.2, 0.25) is 0 Å². The number of benzene rings is 1. The predicted octanol–water partition coefficient (Wildman–Crippen LogP) is 2.68. The maximum absolute atomic E-state index is 13.7. The van der Waals surface area contributed by atoms with Gasteiger partial charge >= 0.3 is 0 Å². The number of amides is 1. The van der Waals surface area contributed by atoms with Gasteiger partial charge in [-0.05, 0) is 30.0 Å². The molecule has 1 fully saturated rings. The standard InChI is InChI=1S/C17H20FN3OS/c1-17(10-19)6-7-21(11-17)16(22)14-9-23-15(20-14)8-12-4-2-3-5-13(12)18/h2-5,9H,6-8,10-11,19H2,1H3. The largest absolute Gasteiger partial charge is 0.337 e. The van der Waals surface area contributed by atoms with E-state index in [1.165, 1.54) is 17.4 Å². The minimum Gasteiger partial charge on any atom is -0.337 e. The van der Waals surface area contributed by atoms with Gasteiger partial charge in [0.1, 0.15) is 11.5 Å². The van der Waals surface area contributed by atoms with Crippen molar-refractivity contribution >= 4 is 17.2 Å². The lowest BCUT2D eigenvalue weighted by molar-refractivity contribution is 0.0771. The van der Waals surface area contributed by atoms with Crippen molar-refractivity contribution in [3.63, 3.8) is 0 Å². The van der Waals surface area contributed by atoms with Crippen LogP contribution in [0.1, 0.15) is 34.4 Å². The van der Waals surface area contributed by atoms with Gasteiger partial charge in [-0.25, -0.2) is 9.37 Å². The van der Waals surface area contributed by atoms with Gasteiger partial charge in [0.15, 0.2) is 0 Å². The molecule has 0 bridgehead atoms. The van der Waals surface area contributed by atoms with E-state index in [-0.39, 0.29) is 17.1 Å². The maximum Gasteiger partial charge on any atom is 0.273 e. The normalized spacial score (nSPS) is 20.9. The van der Waals surface area contributed by atoms with Gasteiger partial charge in [0.2, 0.25) is 0 Å². The summed E-state index contributed by atoms with van der Waals surface area (Å²) in [5.74, 6) is -0.299. The van der Waals surface area contributed by atoms with Crippen molar-refractivity contribution in [3.05, 3.63) is 51.7 Å². The minimum absolute atomic E-state index is 0.00167. The molecule has 1 aromatic heterocycles. The van der Waals surface area contributed by atoms with Crippen LogP contribution in [0.5, 0.6) is 0 Å². The predicted molar refractivity (Wildman–Crippen MR) is 89.0 cm³/mol. The van der Waals surface area contributed by atoms with Crippen LogP contribution in [0, 0.1) is 11.2 Å². The van der Waals surface area contributed by atoms with Crippen LogP contribution in [-0.2, 0) is 6.42 Å². The molecule has 1 aliphatic heterocycles. The van der Waals surface area contributed by atoms with Gasteiger partial charge in [0.05, 0.1) is 5.01 Å². The molecule has 1 amide bonds. The fourth-order valence-corrected chi connectivity index (χ4v) is 3.61. The number of hydrogen-bond donors (Lipinski definition) is 1. The Morgan fingerprint density at radius 1 is 1.48 bits per heavy atom. The van der Waals surface area contributed by atoms with Crippen LogP contribution in [0.25, 0.3) is 0 Å². The van der Waals surface area contributed by atoms with E-state index >= 15 is 0 Å². The van der Waals surface area contributed by atoms with E-state index in [1.54, 1.807) is 23.6 Å². The van der Waals surface area contributed by atoms with Crippen LogP contribution in [0.4, 0.5) is 4.39 Å². The second kappa shape index (κ2) is 6.37. The van der Waals surface area contributed by atoms with E-state index in [9.17, 15) is 9.18 Å². The average Bonchev–Trinajstić information content (AvgIpc) is 3.17. The van der Waals surface area contributed by atoms with Crippen molar-refractivity contribution in [2.45, 2.75) is 19.8 Å². The third-order valence-corrected chi connectivity index (χ3v) is 5.26. The first-order chi connectivity index (χ1) is 11.0. The molecule has 1 aliphatic rings. The fourth-order valence-electron chi connectivity index (χ4n) is 2.82. The zero-order valence-corrected chi connectivity index (χ0v) is 13.9. The van der Waals surface area contributed by atoms with E-state index in [2.05, 4.69) is 11.9 Å². The highest BCUT2D eigenvalue weighted by molar-refractivity contribution is 7.09. The summed E-state index contributed by atoms with van der Waals surface area (Å²) in [6.07, 6.45) is 1.33. The molecule has 2 heterocycles. The van der Waals surface area contributed by atoms with E-state index < -0.39 is 0 Å². The third kappa shape index (κ3) is 3.43. The van der Waals surface area contributed by atoms with Gasteiger partial charge in [-0.1, -0.05) is 25.1 Å². The second-order valence-electron chi connectivity index (χ2n) is 6.39. The number of hydrogen-bond acceptors (Lipinski definition) is 4. The quantitative estimate of drug-likeness (QED) is 0.936. The van der Waals surface area contributed by atoms with Gasteiger partial charge in [0, 0.05) is 24.9 Å². The van der Waals surface area contributed by atoms with E-state index in [0.29, 0.717) is 37.3 Å². The number of carbonyl (C=O) groups excluding carboxylic acids is 1. The molecule has 1 atom stereocenters. The highest BCUT2D eigenvalue weighted by Crippen LogP contribution is 2.29. The molecule has 0 radical (unpaired) electrons. The van der Waals surface area contributed by atoms with E-state index in [0.717, 1.165) is 11.4 Å². The summed E-state index contributed by atoms with van der Waals surface area (Å²) in [4.78, 5) is 18.7. The summed E-state index contributed by atoms with van der Waals surface area (Å²) < 4.78 is 13.7. The van der Waals surface area contributed by atoms with Gasteiger partial charge in [-0.2, -0.15) is 0 Å². The summed E-state index contributed by atoms with van der Waals surface area (Å²) in [5, 5.41) is 2.51. The Morgan fingerprint density at radius 3 is 2.96 bits per heavy atom. The highest BCUT2D eigenvalue weighted by Gasteiger charge is 2.35. The first-order valence-corrected chi connectivity index (χ1v) is 8.56. The van der Waals surface area contributed by atoms with Crippen molar-refractivity contribution in [1.29, 1.82) is 0 Å². The number of rotatable bonds is 4. The van der Waals surface area contributed by atoms with Crippen LogP contribution in [0.3, 0.4) is 0 Å². The molecule has 1 saturated heterocycles. The summed E-state index contributed by atoms with van der Waals surface area (Å²) in [6, 6.07) is 6.64. The van der Waals surface area contributed by atoms with Crippen molar-refractivity contribution < 1.29 is 9.18 Å². The fraction of sp³-hybridized carbons (Fsp3) is 0.412. The highest BCUT2D eigenvalue weighted by atomic mass is 32.1. The lowest BCUT2D eigenvalue weighted by atomic mass is 9.90. The number of aromatic nitrogens is 1. The van der Waals surface area contributed by atoms with E-state index in [1.807, 2.05) is 4.90 Å². The van der Waals surface area contributed by atoms with Crippen LogP contribution in [0.15, 0.2) is 29.6 Å². The number of likely N-dealkylation sites (tertiary alicyclic amines) is 1. The summed E-state index contributed by atoms with van der Waals surface area (Å²) >= 11 is 1.40. The SMILES string of the molecule is CC1(CN)CCN(C(=O)c2csc(Cc3ccccc3F)n2)C1. The van der Waals surface area contributed by atoms with Crippen LogP contribution >= 0.6 is 11.3 Å². The maximum atomic E-state index is 13.7. The first-order valence-electron chi connectivity index (χ1n) is 7.68. The molecule has 6 heteroatoms. The van der Waals surface area contributed by atoms with Crippen LogP contribution in [-0.4, -0.2) is 35.4 Å². The molecule has 23 heavy (non-hydrogen) atoms. The lowest BCUT2D eigenvalue weighted by Crippen LogP contribution is -2.34. The van der Waals surface area contributed by atoms with Crippen LogP contribution < -0.4 is 5.73 Å². The van der Waals surface area contributed by atoms with Crippen molar-refractivity contribution in [3.8, 4) is 0 Å². The first kappa shape index (κ1) is 16.1. The lowest BCUT2D eigenvalue weighted by Gasteiger charge is -2.22. The molecular weight excluding hydrogens is 313 g/mol. The summed E-state index contributed by atoms with van der Waals surface area (Å²) in [5.41, 5.74) is 6.83. The molecule has 2 aromatic rings. The molecule has 0 saturated carbocycles. The molecule has 0 spiro atoms. The number of nitrogens with zero attached hydrogens (tertiary/aromatic N) is 2. The molecule has 0 aliphatic carbocycles. The molecule has 1 aromatic carbocycles. The van der Waals surface area contributed by atoms with Crippen molar-refractivity contribution in [2.24, 2.45) is 11.1 Å². The molecule has 122 valence electrons. The Bertz CT molecular complexity index is 717. The average molecular weight is 333 g/mol. The zero-order chi connectivity index (χ0) is 16.4. The smallest absolute Gasteiger partial charge is 0.273 e. The molecular formula is C17H20FN3OS. The second-order valence-corrected chi connectivity index (χ2v) is 7.33. The molecule has 3 rings (SSSR count). The Labute approximate surface area is 139 Å². The Hall–Kier alpha value is -1.79. The van der Waals surface area contributed by atoms with Gasteiger partial charge in [0.25, 0.3) is 5.91 Å². The minimum atomic E-state index is -0.242. The van der Waals surface area contributed by atoms with Gasteiger partial charge in [-0.15, -0.1) is 11.3 Å². The Balaban J connectivity index is 1.70. The topological polar surface area (TPSA) is 59.2 Å². The summed E-state index contributed by atoms with van der Waals surface area (Å²) in [6.45, 7) is 4.06. The van der Waals surface area contributed by atoms with Gasteiger partial charge < -0.3 is 10.6 Å². The molecule has 2 N–H and O–H groups in total. The van der Waals surface area contributed by atoms with Crippen molar-refractivity contribution in [1.82, 2.24) is 9.88 Å². The number of thiazole rings is 1. The zero-order valence-electron chi connectivity index (χ0n) is 13.1.